The Morgan fingerprint density at radius 2 is 2.25 bits per heavy atom. The first-order valence-electron chi connectivity index (χ1n) is 5.45. The summed E-state index contributed by atoms with van der Waals surface area (Å²) < 4.78 is 0. The van der Waals surface area contributed by atoms with E-state index in [4.69, 9.17) is 5.73 Å². The van der Waals surface area contributed by atoms with Crippen LogP contribution in [-0.2, 0) is 0 Å². The second-order valence-corrected chi connectivity index (χ2v) is 4.67. The highest BCUT2D eigenvalue weighted by molar-refractivity contribution is 4.89. The second kappa shape index (κ2) is 4.27. The van der Waals surface area contributed by atoms with E-state index < -0.39 is 0 Å². The molecule has 1 heteroatoms. The van der Waals surface area contributed by atoms with Crippen molar-refractivity contribution in [3.63, 3.8) is 0 Å². The van der Waals surface area contributed by atoms with Gasteiger partial charge in [0.25, 0.3) is 0 Å². The van der Waals surface area contributed by atoms with Crippen LogP contribution in [0.4, 0.5) is 0 Å². The van der Waals surface area contributed by atoms with Gasteiger partial charge in [-0.05, 0) is 25.2 Å². The highest BCUT2D eigenvalue weighted by atomic mass is 14.7. The Bertz CT molecular complexity index is 133. The molecule has 1 nitrogen and oxygen atoms in total. The molecule has 0 aromatic rings. The van der Waals surface area contributed by atoms with Gasteiger partial charge in [-0.2, -0.15) is 0 Å². The van der Waals surface area contributed by atoms with Crippen molar-refractivity contribution in [3.8, 4) is 0 Å². The van der Waals surface area contributed by atoms with Crippen LogP contribution in [0.5, 0.6) is 0 Å². The molecule has 0 aromatic heterocycles. The molecule has 72 valence electrons. The van der Waals surface area contributed by atoms with Gasteiger partial charge in [0.05, 0.1) is 0 Å². The second-order valence-electron chi connectivity index (χ2n) is 4.67. The highest BCUT2D eigenvalue weighted by Gasteiger charge is 2.29. The van der Waals surface area contributed by atoms with Gasteiger partial charge < -0.3 is 5.73 Å². The molecule has 0 amide bonds. The van der Waals surface area contributed by atoms with E-state index in [1.807, 2.05) is 0 Å². The molecule has 0 radical (unpaired) electrons. The molecule has 2 unspecified atom stereocenters. The van der Waals surface area contributed by atoms with Crippen LogP contribution in [0.2, 0.25) is 0 Å². The quantitative estimate of drug-likeness (QED) is 0.690. The van der Waals surface area contributed by atoms with E-state index in [2.05, 4.69) is 13.8 Å². The van der Waals surface area contributed by atoms with Crippen molar-refractivity contribution in [3.05, 3.63) is 0 Å². The van der Waals surface area contributed by atoms with E-state index >= 15 is 0 Å². The number of rotatable bonds is 3. The van der Waals surface area contributed by atoms with Crippen molar-refractivity contribution in [2.75, 3.05) is 0 Å². The minimum absolute atomic E-state index is 0.202. The average Bonchev–Trinajstić information content (AvgIpc) is 2.01. The summed E-state index contributed by atoms with van der Waals surface area (Å²) >= 11 is 0. The molecule has 2 N–H and O–H groups in total. The Kier molecular flexibility index (Phi) is 3.57. The SMILES string of the molecule is CCCCC1(N)CCCC(C)C1. The molecule has 12 heavy (non-hydrogen) atoms. The van der Waals surface area contributed by atoms with Gasteiger partial charge in [-0.15, -0.1) is 0 Å². The van der Waals surface area contributed by atoms with Crippen LogP contribution in [-0.4, -0.2) is 5.54 Å². The molecule has 0 bridgehead atoms. The minimum atomic E-state index is 0.202. The Morgan fingerprint density at radius 3 is 2.83 bits per heavy atom. The molecule has 0 saturated heterocycles. The van der Waals surface area contributed by atoms with Crippen LogP contribution in [0.15, 0.2) is 0 Å². The number of hydrogen-bond acceptors (Lipinski definition) is 1. The van der Waals surface area contributed by atoms with Crippen molar-refractivity contribution in [2.45, 2.75) is 64.3 Å². The summed E-state index contributed by atoms with van der Waals surface area (Å²) in [7, 11) is 0. The third-order valence-electron chi connectivity index (χ3n) is 3.15. The average molecular weight is 169 g/mol. The lowest BCUT2D eigenvalue weighted by atomic mass is 9.74. The maximum Gasteiger partial charge on any atom is 0.0156 e. The summed E-state index contributed by atoms with van der Waals surface area (Å²) in [6.07, 6.45) is 9.10. The van der Waals surface area contributed by atoms with E-state index in [0.29, 0.717) is 0 Å². The highest BCUT2D eigenvalue weighted by Crippen LogP contribution is 2.33. The van der Waals surface area contributed by atoms with Gasteiger partial charge in [0.15, 0.2) is 0 Å². The van der Waals surface area contributed by atoms with Crippen molar-refractivity contribution in [1.29, 1.82) is 0 Å². The van der Waals surface area contributed by atoms with E-state index in [1.165, 1.54) is 44.9 Å². The molecule has 2 atom stereocenters. The van der Waals surface area contributed by atoms with Crippen LogP contribution in [0, 0.1) is 5.92 Å². The molecule has 1 aliphatic rings. The van der Waals surface area contributed by atoms with Crippen LogP contribution in [0.1, 0.15) is 58.8 Å². The van der Waals surface area contributed by atoms with Crippen molar-refractivity contribution >= 4 is 0 Å². The van der Waals surface area contributed by atoms with Gasteiger partial charge in [-0.3, -0.25) is 0 Å². The van der Waals surface area contributed by atoms with E-state index in [-0.39, 0.29) is 5.54 Å². The largest absolute Gasteiger partial charge is 0.325 e. The Morgan fingerprint density at radius 1 is 1.50 bits per heavy atom. The monoisotopic (exact) mass is 169 g/mol. The third kappa shape index (κ3) is 2.78. The topological polar surface area (TPSA) is 26.0 Å². The van der Waals surface area contributed by atoms with Crippen LogP contribution < -0.4 is 5.73 Å². The number of hydrogen-bond donors (Lipinski definition) is 1. The zero-order chi connectivity index (χ0) is 9.03. The first-order valence-corrected chi connectivity index (χ1v) is 5.45. The predicted octanol–water partition coefficient (Wildman–Crippen LogP) is 3.08. The molecule has 1 fully saturated rings. The summed E-state index contributed by atoms with van der Waals surface area (Å²) in [5, 5.41) is 0. The molecule has 0 aliphatic heterocycles. The fourth-order valence-electron chi connectivity index (χ4n) is 2.46. The zero-order valence-corrected chi connectivity index (χ0v) is 8.60. The smallest absolute Gasteiger partial charge is 0.0156 e. The van der Waals surface area contributed by atoms with Crippen molar-refractivity contribution in [1.82, 2.24) is 0 Å². The first kappa shape index (κ1) is 10.0. The maximum absolute atomic E-state index is 6.34. The summed E-state index contributed by atoms with van der Waals surface area (Å²) in [5.74, 6) is 0.862. The van der Waals surface area contributed by atoms with Gasteiger partial charge in [-0.25, -0.2) is 0 Å². The lowest BCUT2D eigenvalue weighted by Gasteiger charge is -2.36. The Labute approximate surface area is 76.7 Å². The van der Waals surface area contributed by atoms with E-state index in [0.717, 1.165) is 5.92 Å². The third-order valence-corrected chi connectivity index (χ3v) is 3.15. The molecule has 0 heterocycles. The summed E-state index contributed by atoms with van der Waals surface area (Å²) in [4.78, 5) is 0. The fraction of sp³-hybridized carbons (Fsp3) is 1.00. The normalized spacial score (nSPS) is 36.8. The molecule has 0 aromatic carbocycles. The first-order chi connectivity index (χ1) is 5.66. The molecular formula is C11H23N. The molecule has 1 aliphatic carbocycles. The number of unbranched alkanes of at least 4 members (excludes halogenated alkanes) is 1. The van der Waals surface area contributed by atoms with Gasteiger partial charge in [0, 0.05) is 5.54 Å². The van der Waals surface area contributed by atoms with Gasteiger partial charge in [-0.1, -0.05) is 39.5 Å². The molecular weight excluding hydrogens is 146 g/mol. The van der Waals surface area contributed by atoms with Crippen molar-refractivity contribution in [2.24, 2.45) is 11.7 Å². The Balaban J connectivity index is 2.35. The van der Waals surface area contributed by atoms with Gasteiger partial charge >= 0.3 is 0 Å². The molecule has 1 rings (SSSR count). The van der Waals surface area contributed by atoms with E-state index in [9.17, 15) is 0 Å². The maximum atomic E-state index is 6.34. The fourth-order valence-corrected chi connectivity index (χ4v) is 2.46. The van der Waals surface area contributed by atoms with Gasteiger partial charge in [0.1, 0.15) is 0 Å². The standard InChI is InChI=1S/C11H23N/c1-3-4-7-11(12)8-5-6-10(2)9-11/h10H,3-9,12H2,1-2H3. The molecule has 0 spiro atoms. The molecule has 1 saturated carbocycles. The van der Waals surface area contributed by atoms with E-state index in [1.54, 1.807) is 0 Å². The minimum Gasteiger partial charge on any atom is -0.325 e. The zero-order valence-electron chi connectivity index (χ0n) is 8.60. The predicted molar refractivity (Wildman–Crippen MR) is 54.1 cm³/mol. The lowest BCUT2D eigenvalue weighted by Crippen LogP contribution is -2.43. The van der Waals surface area contributed by atoms with Crippen LogP contribution in [0.3, 0.4) is 0 Å². The summed E-state index contributed by atoms with van der Waals surface area (Å²) in [5.41, 5.74) is 6.54. The summed E-state index contributed by atoms with van der Waals surface area (Å²) in [6, 6.07) is 0. The Hall–Kier alpha value is -0.0400. The number of nitrogens with two attached hydrogens (primary N) is 1. The summed E-state index contributed by atoms with van der Waals surface area (Å²) in [6.45, 7) is 4.59. The van der Waals surface area contributed by atoms with Crippen LogP contribution in [0.25, 0.3) is 0 Å². The lowest BCUT2D eigenvalue weighted by molar-refractivity contribution is 0.219. The van der Waals surface area contributed by atoms with Crippen LogP contribution >= 0.6 is 0 Å². The van der Waals surface area contributed by atoms with Crippen molar-refractivity contribution < 1.29 is 0 Å². The van der Waals surface area contributed by atoms with Gasteiger partial charge in [0.2, 0.25) is 0 Å².